The molecule has 1 heterocycles. The van der Waals surface area contributed by atoms with E-state index in [1.807, 2.05) is 6.92 Å². The number of aliphatic hydroxyl groups is 1. The summed E-state index contributed by atoms with van der Waals surface area (Å²) in [6, 6.07) is 6.23. The second-order valence-corrected chi connectivity index (χ2v) is 7.51. The van der Waals surface area contributed by atoms with E-state index in [9.17, 15) is 18.3 Å². The second-order valence-electron chi connectivity index (χ2n) is 5.67. The van der Waals surface area contributed by atoms with Crippen LogP contribution in [0.2, 0.25) is 0 Å². The van der Waals surface area contributed by atoms with Crippen LogP contribution in [0.5, 0.6) is 0 Å². The number of amides is 2. The number of nitrogens with one attached hydrogen (secondary N) is 2. The lowest BCUT2D eigenvalue weighted by atomic mass is 10.3. The molecule has 0 unspecified atom stereocenters. The molecule has 7 nitrogen and oxygen atoms in total. The van der Waals surface area contributed by atoms with Gasteiger partial charge in [0.15, 0.2) is 0 Å². The molecule has 1 aliphatic rings. The van der Waals surface area contributed by atoms with Gasteiger partial charge in [-0.3, -0.25) is 4.72 Å². The van der Waals surface area contributed by atoms with Crippen molar-refractivity contribution in [3.8, 4) is 0 Å². The molecule has 0 aliphatic carbocycles. The van der Waals surface area contributed by atoms with Gasteiger partial charge in [0.2, 0.25) is 10.0 Å². The maximum atomic E-state index is 12.0. The smallest absolute Gasteiger partial charge is 0.321 e. The summed E-state index contributed by atoms with van der Waals surface area (Å²) in [6.45, 7) is 2.80. The summed E-state index contributed by atoms with van der Waals surface area (Å²) in [5.74, 6) is 0.0965. The number of carbonyl (C=O) groups is 1. The number of hydrogen-bond acceptors (Lipinski definition) is 4. The molecule has 1 atom stereocenters. The number of nitrogens with zero attached hydrogens (tertiary/aromatic N) is 1. The zero-order chi connectivity index (χ0) is 16.9. The first-order valence-corrected chi connectivity index (χ1v) is 9.39. The van der Waals surface area contributed by atoms with Crippen molar-refractivity contribution in [2.24, 2.45) is 0 Å². The third-order valence-electron chi connectivity index (χ3n) is 3.63. The number of benzene rings is 1. The Morgan fingerprint density at radius 3 is 2.52 bits per heavy atom. The Hall–Kier alpha value is -1.80. The van der Waals surface area contributed by atoms with Gasteiger partial charge in [-0.05, 0) is 37.1 Å². The van der Waals surface area contributed by atoms with E-state index in [0.717, 1.165) is 6.42 Å². The minimum Gasteiger partial charge on any atom is -0.391 e. The highest BCUT2D eigenvalue weighted by atomic mass is 32.2. The summed E-state index contributed by atoms with van der Waals surface area (Å²) in [5, 5.41) is 12.2. The Balaban J connectivity index is 1.90. The number of urea groups is 1. The van der Waals surface area contributed by atoms with Gasteiger partial charge in [-0.25, -0.2) is 13.2 Å². The van der Waals surface area contributed by atoms with Gasteiger partial charge in [0, 0.05) is 24.5 Å². The fraction of sp³-hybridized carbons (Fsp3) is 0.533. The second kappa shape index (κ2) is 7.65. The molecule has 2 amide bonds. The lowest BCUT2D eigenvalue weighted by Gasteiger charge is -2.16. The standard InChI is InChI=1S/C15H23N3O4S/c1-2-3-10-23(21,22)17-13-6-4-12(5-7-13)16-15(20)18-9-8-14(19)11-18/h4-7,14,17,19H,2-3,8-11H2,1H3,(H,16,20)/t14-/m1/s1. The van der Waals surface area contributed by atoms with Crippen molar-refractivity contribution < 1.29 is 18.3 Å². The monoisotopic (exact) mass is 341 g/mol. The normalized spacial score (nSPS) is 18.0. The number of likely N-dealkylation sites (tertiary alicyclic amines) is 1. The first-order chi connectivity index (χ1) is 10.9. The first-order valence-electron chi connectivity index (χ1n) is 7.74. The van der Waals surface area contributed by atoms with E-state index in [-0.39, 0.29) is 11.8 Å². The number of unbranched alkanes of at least 4 members (excludes halogenated alkanes) is 1. The van der Waals surface area contributed by atoms with Crippen LogP contribution in [0.4, 0.5) is 16.2 Å². The van der Waals surface area contributed by atoms with Crippen molar-refractivity contribution in [1.82, 2.24) is 4.90 Å². The number of rotatable bonds is 6. The van der Waals surface area contributed by atoms with Crippen LogP contribution in [0.15, 0.2) is 24.3 Å². The van der Waals surface area contributed by atoms with Gasteiger partial charge in [0.1, 0.15) is 0 Å². The molecular weight excluding hydrogens is 318 g/mol. The van der Waals surface area contributed by atoms with Gasteiger partial charge in [-0.15, -0.1) is 0 Å². The summed E-state index contributed by atoms with van der Waals surface area (Å²) < 4.78 is 26.1. The van der Waals surface area contributed by atoms with Gasteiger partial charge in [-0.2, -0.15) is 0 Å². The van der Waals surface area contributed by atoms with Crippen LogP contribution in [-0.4, -0.2) is 49.4 Å². The molecule has 1 fully saturated rings. The highest BCUT2D eigenvalue weighted by Gasteiger charge is 2.24. The lowest BCUT2D eigenvalue weighted by molar-refractivity contribution is 0.176. The SMILES string of the molecule is CCCCS(=O)(=O)Nc1ccc(NC(=O)N2CC[C@@H](O)C2)cc1. The van der Waals surface area contributed by atoms with Gasteiger partial charge in [-0.1, -0.05) is 13.3 Å². The number of sulfonamides is 1. The molecule has 3 N–H and O–H groups in total. The van der Waals surface area contributed by atoms with Crippen molar-refractivity contribution in [2.45, 2.75) is 32.3 Å². The molecule has 128 valence electrons. The largest absolute Gasteiger partial charge is 0.391 e. The van der Waals surface area contributed by atoms with Gasteiger partial charge in [0.05, 0.1) is 11.9 Å². The Labute approximate surface area is 136 Å². The molecule has 0 bridgehead atoms. The average Bonchev–Trinajstić information content (AvgIpc) is 2.94. The highest BCUT2D eigenvalue weighted by molar-refractivity contribution is 7.92. The van der Waals surface area contributed by atoms with E-state index in [1.54, 1.807) is 29.2 Å². The van der Waals surface area contributed by atoms with Crippen LogP contribution < -0.4 is 10.0 Å². The van der Waals surface area contributed by atoms with Crippen molar-refractivity contribution in [1.29, 1.82) is 0 Å². The predicted octanol–water partition coefficient (Wildman–Crippen LogP) is 1.83. The van der Waals surface area contributed by atoms with Crippen LogP contribution in [0, 0.1) is 0 Å². The van der Waals surface area contributed by atoms with Crippen LogP contribution in [0.3, 0.4) is 0 Å². The van der Waals surface area contributed by atoms with Crippen LogP contribution in [0.1, 0.15) is 26.2 Å². The molecule has 23 heavy (non-hydrogen) atoms. The molecule has 0 radical (unpaired) electrons. The Bertz CT molecular complexity index is 631. The fourth-order valence-corrected chi connectivity index (χ4v) is 3.58. The van der Waals surface area contributed by atoms with E-state index < -0.39 is 16.1 Å². The van der Waals surface area contributed by atoms with Gasteiger partial charge in [0.25, 0.3) is 0 Å². The number of carbonyl (C=O) groups excluding carboxylic acids is 1. The van der Waals surface area contributed by atoms with Crippen molar-refractivity contribution in [3.05, 3.63) is 24.3 Å². The van der Waals surface area contributed by atoms with E-state index >= 15 is 0 Å². The quantitative estimate of drug-likeness (QED) is 0.735. The molecule has 8 heteroatoms. The third kappa shape index (κ3) is 5.40. The summed E-state index contributed by atoms with van der Waals surface area (Å²) in [4.78, 5) is 13.5. The van der Waals surface area contributed by atoms with Crippen LogP contribution >= 0.6 is 0 Å². The van der Waals surface area contributed by atoms with Crippen molar-refractivity contribution in [3.63, 3.8) is 0 Å². The summed E-state index contributed by atoms with van der Waals surface area (Å²) in [5.41, 5.74) is 1.04. The zero-order valence-corrected chi connectivity index (χ0v) is 14.0. The molecular formula is C15H23N3O4S. The molecule has 0 aromatic heterocycles. The highest BCUT2D eigenvalue weighted by Crippen LogP contribution is 2.17. The van der Waals surface area contributed by atoms with E-state index in [4.69, 9.17) is 0 Å². The maximum absolute atomic E-state index is 12.0. The lowest BCUT2D eigenvalue weighted by Crippen LogP contribution is -2.33. The molecule has 1 aromatic rings. The Kier molecular flexibility index (Phi) is 5.84. The van der Waals surface area contributed by atoms with Crippen LogP contribution in [-0.2, 0) is 10.0 Å². The van der Waals surface area contributed by atoms with E-state index in [1.165, 1.54) is 0 Å². The van der Waals surface area contributed by atoms with Gasteiger partial charge < -0.3 is 15.3 Å². The summed E-state index contributed by atoms with van der Waals surface area (Å²) >= 11 is 0. The number of anilines is 2. The topological polar surface area (TPSA) is 98.7 Å². The zero-order valence-electron chi connectivity index (χ0n) is 13.2. The first kappa shape index (κ1) is 17.6. The molecule has 0 saturated carbocycles. The predicted molar refractivity (Wildman–Crippen MR) is 90.0 cm³/mol. The van der Waals surface area contributed by atoms with E-state index in [0.29, 0.717) is 37.3 Å². The fourth-order valence-electron chi connectivity index (χ4n) is 2.32. The van der Waals surface area contributed by atoms with Gasteiger partial charge >= 0.3 is 6.03 Å². The van der Waals surface area contributed by atoms with E-state index in [2.05, 4.69) is 10.0 Å². The molecule has 0 spiro atoms. The number of hydrogen-bond donors (Lipinski definition) is 3. The minimum atomic E-state index is -3.33. The Morgan fingerprint density at radius 2 is 1.96 bits per heavy atom. The molecule has 1 aromatic carbocycles. The molecule has 1 saturated heterocycles. The minimum absolute atomic E-state index is 0.0965. The van der Waals surface area contributed by atoms with Crippen molar-refractivity contribution >= 4 is 27.4 Å². The number of β-amino-alcohol motifs (C(OH)–C–C–N with tert-alkyl or cyclic N) is 1. The summed E-state index contributed by atoms with van der Waals surface area (Å²) in [6.07, 6.45) is 1.56. The van der Waals surface area contributed by atoms with Crippen LogP contribution in [0.25, 0.3) is 0 Å². The molecule has 2 rings (SSSR count). The van der Waals surface area contributed by atoms with Crippen molar-refractivity contribution in [2.75, 3.05) is 28.9 Å². The summed E-state index contributed by atoms with van der Waals surface area (Å²) in [7, 11) is -3.33. The number of aliphatic hydroxyl groups excluding tert-OH is 1. The Morgan fingerprint density at radius 1 is 1.30 bits per heavy atom. The molecule has 1 aliphatic heterocycles. The average molecular weight is 341 g/mol. The maximum Gasteiger partial charge on any atom is 0.321 e. The third-order valence-corrected chi connectivity index (χ3v) is 5.00.